The molecule has 1 aliphatic rings. The maximum atomic E-state index is 6.39. The highest BCUT2D eigenvalue weighted by molar-refractivity contribution is 6.83. The van der Waals surface area contributed by atoms with Crippen LogP contribution >= 0.6 is 0 Å². The second kappa shape index (κ2) is 4.36. The summed E-state index contributed by atoms with van der Waals surface area (Å²) in [5.41, 5.74) is 6.39. The van der Waals surface area contributed by atoms with E-state index in [1.165, 1.54) is 37.4 Å². The maximum Gasteiger partial charge on any atom is 0.0607 e. The van der Waals surface area contributed by atoms with Crippen LogP contribution in [0.15, 0.2) is 0 Å². The highest BCUT2D eigenvalue weighted by Crippen LogP contribution is 2.54. The molecule has 2 heteroatoms. The molecular weight excluding hydrogens is 186 g/mol. The van der Waals surface area contributed by atoms with Gasteiger partial charge in [-0.05, 0) is 11.5 Å². The Bertz CT molecular complexity index is 183. The van der Waals surface area contributed by atoms with Crippen LogP contribution < -0.4 is 5.73 Å². The summed E-state index contributed by atoms with van der Waals surface area (Å²) in [5, 5.41) is 0.509. The van der Waals surface area contributed by atoms with E-state index in [2.05, 4.69) is 27.7 Å². The van der Waals surface area contributed by atoms with E-state index in [4.69, 9.17) is 5.73 Å². The van der Waals surface area contributed by atoms with Crippen molar-refractivity contribution >= 4 is 8.07 Å². The summed E-state index contributed by atoms with van der Waals surface area (Å²) in [5.74, 6) is 0. The van der Waals surface area contributed by atoms with Gasteiger partial charge >= 0.3 is 0 Å². The highest BCUT2D eigenvalue weighted by Gasteiger charge is 2.51. The minimum Gasteiger partial charge on any atom is -0.327 e. The molecule has 0 aromatic carbocycles. The molecule has 0 saturated carbocycles. The molecule has 1 aliphatic heterocycles. The molecule has 0 radical (unpaired) electrons. The molecule has 1 rings (SSSR count). The van der Waals surface area contributed by atoms with Gasteiger partial charge in [-0.2, -0.15) is 0 Å². The van der Waals surface area contributed by atoms with E-state index < -0.39 is 8.07 Å². The highest BCUT2D eigenvalue weighted by atomic mass is 28.3. The second-order valence-corrected chi connectivity index (χ2v) is 10.9. The van der Waals surface area contributed by atoms with Crippen LogP contribution in [0.5, 0.6) is 0 Å². The number of nitrogens with two attached hydrogens (primary N) is 1. The number of rotatable bonds is 3. The van der Waals surface area contributed by atoms with Crippen molar-refractivity contribution in [3.8, 4) is 0 Å². The van der Waals surface area contributed by atoms with Crippen molar-refractivity contribution < 1.29 is 0 Å². The van der Waals surface area contributed by atoms with Crippen molar-refractivity contribution in [2.45, 2.75) is 76.2 Å². The van der Waals surface area contributed by atoms with Crippen LogP contribution in [0.2, 0.25) is 23.2 Å². The summed E-state index contributed by atoms with van der Waals surface area (Å²) in [6.45, 7) is 9.64. The fourth-order valence-electron chi connectivity index (χ4n) is 3.71. The zero-order chi connectivity index (χ0) is 10.8. The van der Waals surface area contributed by atoms with Gasteiger partial charge in [0.05, 0.1) is 8.07 Å². The standard InChI is InChI=1S/C12H27NSi/c1-5-12(4)11(13)9-8-10-14(12,6-2)7-3/h11H,5-10,13H2,1-4H3. The van der Waals surface area contributed by atoms with Crippen molar-refractivity contribution in [1.29, 1.82) is 0 Å². The lowest BCUT2D eigenvalue weighted by Crippen LogP contribution is -2.56. The molecule has 0 aromatic heterocycles. The van der Waals surface area contributed by atoms with Crippen molar-refractivity contribution in [3.63, 3.8) is 0 Å². The Morgan fingerprint density at radius 1 is 1.29 bits per heavy atom. The van der Waals surface area contributed by atoms with E-state index in [0.29, 0.717) is 11.1 Å². The Morgan fingerprint density at radius 2 is 1.86 bits per heavy atom. The summed E-state index contributed by atoms with van der Waals surface area (Å²) in [7, 11) is -1.07. The van der Waals surface area contributed by atoms with Gasteiger partial charge in [0.15, 0.2) is 0 Å². The maximum absolute atomic E-state index is 6.39. The quantitative estimate of drug-likeness (QED) is 0.710. The smallest absolute Gasteiger partial charge is 0.0607 e. The predicted molar refractivity (Wildman–Crippen MR) is 67.4 cm³/mol. The second-order valence-electron chi connectivity index (χ2n) is 5.26. The lowest BCUT2D eigenvalue weighted by molar-refractivity contribution is 0.388. The summed E-state index contributed by atoms with van der Waals surface area (Å²) >= 11 is 0. The third-order valence-electron chi connectivity index (χ3n) is 5.29. The molecule has 2 atom stereocenters. The van der Waals surface area contributed by atoms with Crippen molar-refractivity contribution in [1.82, 2.24) is 0 Å². The van der Waals surface area contributed by atoms with E-state index >= 15 is 0 Å². The first-order valence-corrected chi connectivity index (χ1v) is 8.94. The third kappa shape index (κ3) is 1.56. The lowest BCUT2D eigenvalue weighted by Gasteiger charge is -2.53. The molecule has 0 bridgehead atoms. The summed E-state index contributed by atoms with van der Waals surface area (Å²) in [4.78, 5) is 0. The predicted octanol–water partition coefficient (Wildman–Crippen LogP) is 3.77. The van der Waals surface area contributed by atoms with Crippen LogP contribution in [-0.2, 0) is 0 Å². The van der Waals surface area contributed by atoms with Crippen molar-refractivity contribution in [2.24, 2.45) is 5.73 Å². The van der Waals surface area contributed by atoms with E-state index in [9.17, 15) is 0 Å². The molecule has 1 saturated heterocycles. The van der Waals surface area contributed by atoms with Crippen LogP contribution in [0.25, 0.3) is 0 Å². The number of hydrogen-bond donors (Lipinski definition) is 1. The molecule has 2 unspecified atom stereocenters. The molecule has 0 aliphatic carbocycles. The zero-order valence-corrected chi connectivity index (χ0v) is 11.4. The van der Waals surface area contributed by atoms with Gasteiger partial charge < -0.3 is 5.73 Å². The van der Waals surface area contributed by atoms with E-state index in [-0.39, 0.29) is 0 Å². The molecule has 2 N–H and O–H groups in total. The van der Waals surface area contributed by atoms with E-state index in [0.717, 1.165) is 0 Å². The SMILES string of the molecule is CCC1(C)C(N)CCC[Si]1(CC)CC. The molecule has 0 aromatic rings. The van der Waals surface area contributed by atoms with Crippen LogP contribution in [0.1, 0.15) is 47.0 Å². The van der Waals surface area contributed by atoms with E-state index in [1.807, 2.05) is 0 Å². The van der Waals surface area contributed by atoms with Gasteiger partial charge in [0.2, 0.25) is 0 Å². The monoisotopic (exact) mass is 213 g/mol. The van der Waals surface area contributed by atoms with Gasteiger partial charge in [-0.3, -0.25) is 0 Å². The Hall–Kier alpha value is 0.177. The third-order valence-corrected chi connectivity index (χ3v) is 12.5. The van der Waals surface area contributed by atoms with Gasteiger partial charge in [-0.1, -0.05) is 58.7 Å². The fraction of sp³-hybridized carbons (Fsp3) is 1.00. The fourth-order valence-corrected chi connectivity index (χ4v) is 9.66. The largest absolute Gasteiger partial charge is 0.327 e. The van der Waals surface area contributed by atoms with Crippen molar-refractivity contribution in [3.05, 3.63) is 0 Å². The van der Waals surface area contributed by atoms with Gasteiger partial charge in [0.1, 0.15) is 0 Å². The lowest BCUT2D eigenvalue weighted by atomic mass is 9.94. The first kappa shape index (κ1) is 12.2. The first-order chi connectivity index (χ1) is 6.56. The summed E-state index contributed by atoms with van der Waals surface area (Å²) in [6, 6.07) is 4.87. The first-order valence-electron chi connectivity index (χ1n) is 6.32. The van der Waals surface area contributed by atoms with Crippen LogP contribution in [-0.4, -0.2) is 14.1 Å². The van der Waals surface area contributed by atoms with Crippen LogP contribution in [0.3, 0.4) is 0 Å². The Balaban J connectivity index is 3.00. The van der Waals surface area contributed by atoms with Crippen molar-refractivity contribution in [2.75, 3.05) is 0 Å². The Kier molecular flexibility index (Phi) is 3.81. The average Bonchev–Trinajstić information content (AvgIpc) is 2.22. The Morgan fingerprint density at radius 3 is 2.21 bits per heavy atom. The van der Waals surface area contributed by atoms with E-state index in [1.54, 1.807) is 0 Å². The molecule has 1 fully saturated rings. The minimum absolute atomic E-state index is 0.479. The normalized spacial score (nSPS) is 37.1. The number of hydrogen-bond acceptors (Lipinski definition) is 1. The van der Waals surface area contributed by atoms with Gasteiger partial charge in [0.25, 0.3) is 0 Å². The molecule has 0 spiro atoms. The van der Waals surface area contributed by atoms with Crippen LogP contribution in [0.4, 0.5) is 0 Å². The molecular formula is C12H27NSi. The Labute approximate surface area is 90.5 Å². The van der Waals surface area contributed by atoms with Crippen LogP contribution in [0, 0.1) is 0 Å². The summed E-state index contributed by atoms with van der Waals surface area (Å²) < 4.78 is 0. The molecule has 0 amide bonds. The molecule has 84 valence electrons. The van der Waals surface area contributed by atoms with Gasteiger partial charge in [-0.25, -0.2) is 0 Å². The minimum atomic E-state index is -1.07. The average molecular weight is 213 g/mol. The molecule has 1 heterocycles. The van der Waals surface area contributed by atoms with Gasteiger partial charge in [-0.15, -0.1) is 0 Å². The summed E-state index contributed by atoms with van der Waals surface area (Å²) in [6.07, 6.45) is 3.95. The molecule has 1 nitrogen and oxygen atoms in total. The van der Waals surface area contributed by atoms with Gasteiger partial charge in [0, 0.05) is 6.04 Å². The molecule has 14 heavy (non-hydrogen) atoms. The topological polar surface area (TPSA) is 26.0 Å². The zero-order valence-electron chi connectivity index (χ0n) is 10.4.